The van der Waals surface area contributed by atoms with E-state index in [4.69, 9.17) is 23.1 Å². The molecule has 0 aromatic heterocycles. The van der Waals surface area contributed by atoms with E-state index >= 15 is 0 Å². The van der Waals surface area contributed by atoms with E-state index < -0.39 is 17.8 Å². The summed E-state index contributed by atoms with van der Waals surface area (Å²) in [7, 11) is 0. The zero-order valence-corrected chi connectivity index (χ0v) is 9.66. The van der Waals surface area contributed by atoms with Crippen LogP contribution in [0.15, 0.2) is 18.2 Å². The Morgan fingerprint density at radius 3 is 2.31 bits per heavy atom. The molecule has 0 saturated carbocycles. The SMILES string of the molecule is Cl.NC[C@H](N)c1ccc(Cl)c(C(F)(F)F)c1. The summed E-state index contributed by atoms with van der Waals surface area (Å²) in [5.41, 5.74) is 10.2. The predicted octanol–water partition coefficient (Wildman–Crippen LogP) is 2.74. The van der Waals surface area contributed by atoms with Crippen molar-refractivity contribution in [2.24, 2.45) is 11.5 Å². The highest BCUT2D eigenvalue weighted by molar-refractivity contribution is 6.31. The fourth-order valence-corrected chi connectivity index (χ4v) is 1.35. The van der Waals surface area contributed by atoms with E-state index in [-0.39, 0.29) is 24.0 Å². The fourth-order valence-electron chi connectivity index (χ4n) is 1.13. The number of rotatable bonds is 2. The zero-order valence-electron chi connectivity index (χ0n) is 8.09. The van der Waals surface area contributed by atoms with Crippen LogP contribution in [0, 0.1) is 0 Å². The molecular weight excluding hydrogens is 264 g/mol. The summed E-state index contributed by atoms with van der Waals surface area (Å²) in [6, 6.07) is 2.94. The highest BCUT2D eigenvalue weighted by atomic mass is 35.5. The van der Waals surface area contributed by atoms with Crippen molar-refractivity contribution in [1.29, 1.82) is 0 Å². The maximum atomic E-state index is 12.4. The fraction of sp³-hybridized carbons (Fsp3) is 0.333. The third-order valence-corrected chi connectivity index (χ3v) is 2.31. The Kier molecular flexibility index (Phi) is 5.55. The highest BCUT2D eigenvalue weighted by Gasteiger charge is 2.33. The van der Waals surface area contributed by atoms with Crippen molar-refractivity contribution in [2.75, 3.05) is 6.54 Å². The molecule has 0 aliphatic heterocycles. The summed E-state index contributed by atoms with van der Waals surface area (Å²) in [5, 5.41) is -0.338. The van der Waals surface area contributed by atoms with E-state index in [0.29, 0.717) is 5.56 Å². The van der Waals surface area contributed by atoms with Crippen molar-refractivity contribution >= 4 is 24.0 Å². The van der Waals surface area contributed by atoms with Gasteiger partial charge in [0.15, 0.2) is 0 Å². The van der Waals surface area contributed by atoms with Crippen molar-refractivity contribution in [2.45, 2.75) is 12.2 Å². The van der Waals surface area contributed by atoms with Gasteiger partial charge >= 0.3 is 6.18 Å². The first-order valence-corrected chi connectivity index (χ1v) is 4.56. The molecule has 0 spiro atoms. The summed E-state index contributed by atoms with van der Waals surface area (Å²) in [4.78, 5) is 0. The molecule has 92 valence electrons. The van der Waals surface area contributed by atoms with Crippen molar-refractivity contribution in [3.63, 3.8) is 0 Å². The summed E-state index contributed by atoms with van der Waals surface area (Å²) < 4.78 is 37.3. The molecule has 0 bridgehead atoms. The molecule has 0 aliphatic rings. The van der Waals surface area contributed by atoms with Gasteiger partial charge in [0.25, 0.3) is 0 Å². The van der Waals surface area contributed by atoms with Gasteiger partial charge in [0, 0.05) is 12.6 Å². The minimum absolute atomic E-state index is 0. The molecule has 16 heavy (non-hydrogen) atoms. The third-order valence-electron chi connectivity index (χ3n) is 1.98. The van der Waals surface area contributed by atoms with Crippen LogP contribution < -0.4 is 11.5 Å². The largest absolute Gasteiger partial charge is 0.417 e. The van der Waals surface area contributed by atoms with E-state index in [1.165, 1.54) is 12.1 Å². The molecule has 0 unspecified atom stereocenters. The van der Waals surface area contributed by atoms with Gasteiger partial charge in [-0.1, -0.05) is 17.7 Å². The van der Waals surface area contributed by atoms with Crippen LogP contribution in [0.2, 0.25) is 5.02 Å². The van der Waals surface area contributed by atoms with Crippen LogP contribution in [0.4, 0.5) is 13.2 Å². The maximum Gasteiger partial charge on any atom is 0.417 e. The van der Waals surface area contributed by atoms with Crippen molar-refractivity contribution in [3.8, 4) is 0 Å². The van der Waals surface area contributed by atoms with Crippen LogP contribution in [-0.2, 0) is 6.18 Å². The van der Waals surface area contributed by atoms with E-state index in [0.717, 1.165) is 6.07 Å². The summed E-state index contributed by atoms with van der Waals surface area (Å²) >= 11 is 5.44. The van der Waals surface area contributed by atoms with Gasteiger partial charge in [0.05, 0.1) is 10.6 Å². The van der Waals surface area contributed by atoms with E-state index in [2.05, 4.69) is 0 Å². The lowest BCUT2D eigenvalue weighted by Crippen LogP contribution is -2.21. The first kappa shape index (κ1) is 15.5. The van der Waals surface area contributed by atoms with E-state index in [1.54, 1.807) is 0 Å². The predicted molar refractivity (Wildman–Crippen MR) is 59.7 cm³/mol. The molecule has 0 aliphatic carbocycles. The van der Waals surface area contributed by atoms with Gasteiger partial charge in [-0.3, -0.25) is 0 Å². The topological polar surface area (TPSA) is 52.0 Å². The number of alkyl halides is 3. The summed E-state index contributed by atoms with van der Waals surface area (Å²) in [6.45, 7) is 0.0823. The second-order valence-electron chi connectivity index (χ2n) is 3.08. The van der Waals surface area contributed by atoms with Gasteiger partial charge in [-0.2, -0.15) is 13.2 Å². The average molecular weight is 275 g/mol. The van der Waals surface area contributed by atoms with Gasteiger partial charge < -0.3 is 11.5 Å². The van der Waals surface area contributed by atoms with Gasteiger partial charge in [0.1, 0.15) is 0 Å². The van der Waals surface area contributed by atoms with Gasteiger partial charge in [-0.05, 0) is 17.7 Å². The number of hydrogen-bond acceptors (Lipinski definition) is 2. The van der Waals surface area contributed by atoms with Crippen molar-refractivity contribution < 1.29 is 13.2 Å². The molecule has 2 nitrogen and oxygen atoms in total. The smallest absolute Gasteiger partial charge is 0.329 e. The second kappa shape index (κ2) is 5.72. The Morgan fingerprint density at radius 2 is 1.88 bits per heavy atom. The lowest BCUT2D eigenvalue weighted by Gasteiger charge is -2.14. The Balaban J connectivity index is 0.00000225. The normalized spacial score (nSPS) is 13.1. The second-order valence-corrected chi connectivity index (χ2v) is 3.49. The molecule has 0 fully saturated rings. The van der Waals surface area contributed by atoms with Crippen molar-refractivity contribution in [3.05, 3.63) is 34.3 Å². The lowest BCUT2D eigenvalue weighted by atomic mass is 10.0. The molecule has 0 radical (unpaired) electrons. The molecule has 1 aromatic rings. The molecule has 1 atom stereocenters. The average Bonchev–Trinajstić information content (AvgIpc) is 2.15. The first-order chi connectivity index (χ1) is 6.86. The molecule has 1 aromatic carbocycles. The number of halogens is 5. The Morgan fingerprint density at radius 1 is 1.31 bits per heavy atom. The highest BCUT2D eigenvalue weighted by Crippen LogP contribution is 2.35. The Labute approximate surface area is 102 Å². The van der Waals surface area contributed by atoms with Gasteiger partial charge in [-0.15, -0.1) is 12.4 Å². The molecule has 7 heteroatoms. The van der Waals surface area contributed by atoms with Crippen LogP contribution in [0.5, 0.6) is 0 Å². The van der Waals surface area contributed by atoms with Crippen LogP contribution in [-0.4, -0.2) is 6.54 Å². The van der Waals surface area contributed by atoms with Gasteiger partial charge in [-0.25, -0.2) is 0 Å². The third kappa shape index (κ3) is 3.52. The molecule has 0 heterocycles. The maximum absolute atomic E-state index is 12.4. The van der Waals surface area contributed by atoms with Gasteiger partial charge in [0.2, 0.25) is 0 Å². The van der Waals surface area contributed by atoms with Crippen molar-refractivity contribution in [1.82, 2.24) is 0 Å². The molecular formula is C9H11Cl2F3N2. The van der Waals surface area contributed by atoms with Crippen LogP contribution >= 0.6 is 24.0 Å². The number of hydrogen-bond donors (Lipinski definition) is 2. The van der Waals surface area contributed by atoms with E-state index in [9.17, 15) is 13.2 Å². The quantitative estimate of drug-likeness (QED) is 0.871. The minimum atomic E-state index is -4.47. The molecule has 0 saturated heterocycles. The zero-order chi connectivity index (χ0) is 11.6. The Hall–Kier alpha value is -0.490. The van der Waals surface area contributed by atoms with Crippen LogP contribution in [0.1, 0.15) is 17.2 Å². The monoisotopic (exact) mass is 274 g/mol. The van der Waals surface area contributed by atoms with Crippen LogP contribution in [0.25, 0.3) is 0 Å². The number of benzene rings is 1. The minimum Gasteiger partial charge on any atom is -0.329 e. The first-order valence-electron chi connectivity index (χ1n) is 4.18. The van der Waals surface area contributed by atoms with Crippen LogP contribution in [0.3, 0.4) is 0 Å². The van der Waals surface area contributed by atoms with E-state index in [1.807, 2.05) is 0 Å². The molecule has 1 rings (SSSR count). The summed E-state index contributed by atoms with van der Waals surface area (Å²) in [6.07, 6.45) is -4.47. The summed E-state index contributed by atoms with van der Waals surface area (Å²) in [5.74, 6) is 0. The standard InChI is InChI=1S/C9H10ClF3N2.ClH/c10-7-2-1-5(8(15)4-14)3-6(7)9(11,12)13;/h1-3,8H,4,14-15H2;1H/t8-;/m0./s1. The molecule has 0 amide bonds. The Bertz CT molecular complexity index is 355. The number of nitrogens with two attached hydrogens (primary N) is 2. The lowest BCUT2D eigenvalue weighted by molar-refractivity contribution is -0.137. The molecule has 4 N–H and O–H groups in total.